The fourth-order valence-corrected chi connectivity index (χ4v) is 3.00. The van der Waals surface area contributed by atoms with Crippen LogP contribution >= 0.6 is 11.6 Å². The molecule has 2 aromatic rings. The summed E-state index contributed by atoms with van der Waals surface area (Å²) in [6, 6.07) is 12.8. The van der Waals surface area contributed by atoms with Crippen LogP contribution in [0.25, 0.3) is 0 Å². The predicted octanol–water partition coefficient (Wildman–Crippen LogP) is 3.35. The van der Waals surface area contributed by atoms with Gasteiger partial charge >= 0.3 is 5.97 Å². The van der Waals surface area contributed by atoms with Gasteiger partial charge in [-0.2, -0.15) is 0 Å². The largest absolute Gasteiger partial charge is 0.452 e. The Bertz CT molecular complexity index is 826. The van der Waals surface area contributed by atoms with E-state index >= 15 is 0 Å². The lowest BCUT2D eigenvalue weighted by Gasteiger charge is -2.15. The molecule has 1 aliphatic heterocycles. The molecule has 0 bridgehead atoms. The van der Waals surface area contributed by atoms with Crippen LogP contribution in [0.15, 0.2) is 48.5 Å². The molecule has 6 heteroatoms. The number of amides is 1. The molecule has 0 unspecified atom stereocenters. The van der Waals surface area contributed by atoms with E-state index in [1.165, 1.54) is 6.07 Å². The number of esters is 1. The molecule has 5 nitrogen and oxygen atoms in total. The molecule has 3 rings (SSSR count). The third-order valence-electron chi connectivity index (χ3n) is 4.28. The Morgan fingerprint density at radius 3 is 2.19 bits per heavy atom. The molecule has 1 heterocycles. The Hall–Kier alpha value is -2.66. The SMILES string of the molecule is O=C(OCC(=O)N1CCCC1)c1ccccc1C(=O)c1ccc(Cl)cc1. The fraction of sp³-hybridized carbons (Fsp3) is 0.250. The van der Waals surface area contributed by atoms with Crippen LogP contribution in [0.5, 0.6) is 0 Å². The van der Waals surface area contributed by atoms with Crippen LogP contribution < -0.4 is 0 Å². The lowest BCUT2D eigenvalue weighted by Crippen LogP contribution is -2.32. The molecule has 0 aromatic heterocycles. The Morgan fingerprint density at radius 2 is 1.54 bits per heavy atom. The zero-order chi connectivity index (χ0) is 18.5. The zero-order valence-electron chi connectivity index (χ0n) is 14.1. The summed E-state index contributed by atoms with van der Waals surface area (Å²) in [6.45, 7) is 1.08. The van der Waals surface area contributed by atoms with Gasteiger partial charge in [0.2, 0.25) is 0 Å². The van der Waals surface area contributed by atoms with Crippen LogP contribution in [0.3, 0.4) is 0 Å². The van der Waals surface area contributed by atoms with Gasteiger partial charge in [-0.25, -0.2) is 4.79 Å². The lowest BCUT2D eigenvalue weighted by atomic mass is 9.98. The number of hydrogen-bond donors (Lipinski definition) is 0. The van der Waals surface area contributed by atoms with Crippen LogP contribution in [0, 0.1) is 0 Å². The molecule has 1 saturated heterocycles. The quantitative estimate of drug-likeness (QED) is 0.597. The molecule has 0 radical (unpaired) electrons. The van der Waals surface area contributed by atoms with E-state index in [1.54, 1.807) is 47.4 Å². The van der Waals surface area contributed by atoms with Gasteiger partial charge in [0, 0.05) is 29.2 Å². The van der Waals surface area contributed by atoms with Crippen LogP contribution in [-0.4, -0.2) is 42.3 Å². The van der Waals surface area contributed by atoms with Gasteiger partial charge in [0.1, 0.15) is 0 Å². The smallest absolute Gasteiger partial charge is 0.339 e. The lowest BCUT2D eigenvalue weighted by molar-refractivity contribution is -0.133. The third-order valence-corrected chi connectivity index (χ3v) is 4.54. The molecule has 0 atom stereocenters. The molecule has 0 N–H and O–H groups in total. The van der Waals surface area contributed by atoms with Gasteiger partial charge in [-0.15, -0.1) is 0 Å². The average Bonchev–Trinajstić information content (AvgIpc) is 3.21. The summed E-state index contributed by atoms with van der Waals surface area (Å²) in [5.74, 6) is -1.20. The second kappa shape index (κ2) is 8.15. The highest BCUT2D eigenvalue weighted by molar-refractivity contribution is 6.30. The standard InChI is InChI=1S/C20H18ClNO4/c21-15-9-7-14(8-10-15)19(24)16-5-1-2-6-17(16)20(25)26-13-18(23)22-11-3-4-12-22/h1-2,5-10H,3-4,11-13H2. The Labute approximate surface area is 156 Å². The Morgan fingerprint density at radius 1 is 0.923 bits per heavy atom. The molecule has 0 saturated carbocycles. The summed E-state index contributed by atoms with van der Waals surface area (Å²) in [6.07, 6.45) is 1.94. The van der Waals surface area contributed by atoms with Gasteiger partial charge in [-0.3, -0.25) is 9.59 Å². The van der Waals surface area contributed by atoms with E-state index in [-0.39, 0.29) is 29.4 Å². The molecule has 1 amide bonds. The van der Waals surface area contributed by atoms with E-state index in [4.69, 9.17) is 16.3 Å². The first-order valence-corrected chi connectivity index (χ1v) is 8.78. The summed E-state index contributed by atoms with van der Waals surface area (Å²) in [4.78, 5) is 38.8. The first kappa shape index (κ1) is 18.1. The van der Waals surface area contributed by atoms with Gasteiger partial charge < -0.3 is 9.64 Å². The van der Waals surface area contributed by atoms with Crippen molar-refractivity contribution in [1.82, 2.24) is 4.90 Å². The van der Waals surface area contributed by atoms with Crippen molar-refractivity contribution in [3.05, 3.63) is 70.2 Å². The van der Waals surface area contributed by atoms with Crippen LogP contribution in [0.4, 0.5) is 0 Å². The molecular formula is C20H18ClNO4. The highest BCUT2D eigenvalue weighted by Gasteiger charge is 2.22. The zero-order valence-corrected chi connectivity index (χ0v) is 14.9. The van der Waals surface area contributed by atoms with Crippen LogP contribution in [0.1, 0.15) is 39.1 Å². The molecular weight excluding hydrogens is 354 g/mol. The van der Waals surface area contributed by atoms with Crippen molar-refractivity contribution in [1.29, 1.82) is 0 Å². The third kappa shape index (κ3) is 4.11. The number of carbonyl (C=O) groups is 3. The van der Waals surface area contributed by atoms with Gasteiger partial charge in [-0.1, -0.05) is 29.8 Å². The molecule has 134 valence electrons. The fourth-order valence-electron chi connectivity index (χ4n) is 2.88. The number of benzene rings is 2. The topological polar surface area (TPSA) is 63.7 Å². The summed E-state index contributed by atoms with van der Waals surface area (Å²) in [7, 11) is 0. The number of nitrogens with zero attached hydrogens (tertiary/aromatic N) is 1. The Kier molecular flexibility index (Phi) is 5.68. The molecule has 0 aliphatic carbocycles. The van der Waals surface area contributed by atoms with Gasteiger partial charge in [0.05, 0.1) is 5.56 Å². The van der Waals surface area contributed by atoms with E-state index in [2.05, 4.69) is 0 Å². The monoisotopic (exact) mass is 371 g/mol. The maximum Gasteiger partial charge on any atom is 0.339 e. The molecule has 1 fully saturated rings. The number of ether oxygens (including phenoxy) is 1. The number of rotatable bonds is 5. The van der Waals surface area contributed by atoms with E-state index in [0.717, 1.165) is 12.8 Å². The number of ketones is 1. The predicted molar refractivity (Wildman–Crippen MR) is 97.4 cm³/mol. The summed E-state index contributed by atoms with van der Waals surface area (Å²) < 4.78 is 5.14. The van der Waals surface area contributed by atoms with Crippen molar-refractivity contribution >= 4 is 29.3 Å². The minimum absolute atomic E-state index is 0.140. The van der Waals surface area contributed by atoms with E-state index in [1.807, 2.05) is 0 Å². The normalized spacial score (nSPS) is 13.5. The van der Waals surface area contributed by atoms with Gasteiger partial charge in [0.25, 0.3) is 5.91 Å². The minimum Gasteiger partial charge on any atom is -0.452 e. The molecule has 2 aromatic carbocycles. The van der Waals surface area contributed by atoms with Crippen molar-refractivity contribution in [2.45, 2.75) is 12.8 Å². The van der Waals surface area contributed by atoms with Crippen LogP contribution in [0.2, 0.25) is 5.02 Å². The van der Waals surface area contributed by atoms with E-state index < -0.39 is 5.97 Å². The number of carbonyl (C=O) groups excluding carboxylic acids is 3. The van der Waals surface area contributed by atoms with Crippen molar-refractivity contribution in [3.63, 3.8) is 0 Å². The van der Waals surface area contributed by atoms with E-state index in [9.17, 15) is 14.4 Å². The summed E-state index contributed by atoms with van der Waals surface area (Å²) in [5.41, 5.74) is 0.790. The molecule has 0 spiro atoms. The second-order valence-electron chi connectivity index (χ2n) is 6.05. The number of halogens is 1. The molecule has 26 heavy (non-hydrogen) atoms. The van der Waals surface area contributed by atoms with Crippen molar-refractivity contribution < 1.29 is 19.1 Å². The number of likely N-dealkylation sites (tertiary alicyclic amines) is 1. The van der Waals surface area contributed by atoms with Crippen molar-refractivity contribution in [2.24, 2.45) is 0 Å². The van der Waals surface area contributed by atoms with E-state index in [0.29, 0.717) is 23.7 Å². The Balaban J connectivity index is 1.73. The first-order chi connectivity index (χ1) is 12.6. The van der Waals surface area contributed by atoms with Crippen molar-refractivity contribution in [2.75, 3.05) is 19.7 Å². The van der Waals surface area contributed by atoms with Crippen LogP contribution in [-0.2, 0) is 9.53 Å². The minimum atomic E-state index is -0.685. The molecule has 1 aliphatic rings. The van der Waals surface area contributed by atoms with Gasteiger partial charge in [0.15, 0.2) is 12.4 Å². The number of hydrogen-bond acceptors (Lipinski definition) is 4. The average molecular weight is 372 g/mol. The first-order valence-electron chi connectivity index (χ1n) is 8.40. The van der Waals surface area contributed by atoms with Gasteiger partial charge in [-0.05, 0) is 43.2 Å². The summed E-state index contributed by atoms with van der Waals surface area (Å²) in [5, 5.41) is 0.523. The second-order valence-corrected chi connectivity index (χ2v) is 6.48. The van der Waals surface area contributed by atoms with Crippen molar-refractivity contribution in [3.8, 4) is 0 Å². The maximum absolute atomic E-state index is 12.7. The highest BCUT2D eigenvalue weighted by Crippen LogP contribution is 2.18. The maximum atomic E-state index is 12.7. The summed E-state index contributed by atoms with van der Waals surface area (Å²) >= 11 is 5.85. The highest BCUT2D eigenvalue weighted by atomic mass is 35.5.